The molecule has 1 aromatic carbocycles. The van der Waals surface area contributed by atoms with Crippen LogP contribution in [0.4, 0.5) is 0 Å². The number of amides is 1. The molecule has 0 aromatic heterocycles. The molecule has 3 nitrogen and oxygen atoms in total. The fourth-order valence-corrected chi connectivity index (χ4v) is 4.02. The monoisotopic (exact) mass is 300 g/mol. The molecule has 22 heavy (non-hydrogen) atoms. The van der Waals surface area contributed by atoms with Crippen molar-refractivity contribution in [3.8, 4) is 0 Å². The molecule has 1 amide bonds. The molecule has 1 fully saturated rings. The Labute approximate surface area is 133 Å². The molecule has 120 valence electrons. The van der Waals surface area contributed by atoms with Crippen LogP contribution in [0.1, 0.15) is 55.2 Å². The van der Waals surface area contributed by atoms with E-state index < -0.39 is 0 Å². The lowest BCUT2D eigenvalue weighted by molar-refractivity contribution is -0.121. The third kappa shape index (κ3) is 3.70. The molecular weight excluding hydrogens is 272 g/mol. The Kier molecular flexibility index (Phi) is 5.14. The van der Waals surface area contributed by atoms with Crippen LogP contribution in [0.15, 0.2) is 18.2 Å². The Bertz CT molecular complexity index is 526. The van der Waals surface area contributed by atoms with Crippen molar-refractivity contribution in [3.05, 3.63) is 34.9 Å². The van der Waals surface area contributed by atoms with Crippen LogP contribution in [0.25, 0.3) is 0 Å². The topological polar surface area (TPSA) is 55.1 Å². The molecule has 0 bridgehead atoms. The highest BCUT2D eigenvalue weighted by molar-refractivity contribution is 5.79. The standard InChI is InChI=1S/C19H28N2O/c20-13-17-7-3-4-8-18(17)21-19(22)12-14-9-10-15-5-1-2-6-16(15)11-14/h9-11,17-18H,1-8,12-13,20H2,(H,21,22). The number of aryl methyl sites for hydroxylation is 2. The van der Waals surface area contributed by atoms with Crippen LogP contribution >= 0.6 is 0 Å². The minimum atomic E-state index is 0.154. The van der Waals surface area contributed by atoms with Crippen molar-refractivity contribution in [2.24, 2.45) is 11.7 Å². The van der Waals surface area contributed by atoms with E-state index >= 15 is 0 Å². The number of fused-ring (bicyclic) bond motifs is 1. The molecule has 0 radical (unpaired) electrons. The second kappa shape index (κ2) is 7.28. The van der Waals surface area contributed by atoms with Gasteiger partial charge >= 0.3 is 0 Å². The minimum Gasteiger partial charge on any atom is -0.353 e. The highest BCUT2D eigenvalue weighted by Gasteiger charge is 2.25. The van der Waals surface area contributed by atoms with Crippen LogP contribution in [-0.4, -0.2) is 18.5 Å². The number of rotatable bonds is 4. The van der Waals surface area contributed by atoms with Crippen LogP contribution in [0.2, 0.25) is 0 Å². The van der Waals surface area contributed by atoms with E-state index in [4.69, 9.17) is 5.73 Å². The molecule has 1 aromatic rings. The average molecular weight is 300 g/mol. The molecule has 2 unspecified atom stereocenters. The van der Waals surface area contributed by atoms with Crippen LogP contribution in [0.3, 0.4) is 0 Å². The molecule has 2 aliphatic rings. The Morgan fingerprint density at radius 3 is 2.68 bits per heavy atom. The fraction of sp³-hybridized carbons (Fsp3) is 0.632. The first-order chi connectivity index (χ1) is 10.8. The van der Waals surface area contributed by atoms with Gasteiger partial charge in [0.1, 0.15) is 0 Å². The third-order valence-corrected chi connectivity index (χ3v) is 5.34. The predicted molar refractivity (Wildman–Crippen MR) is 89.7 cm³/mol. The maximum Gasteiger partial charge on any atom is 0.224 e. The van der Waals surface area contributed by atoms with Gasteiger partial charge < -0.3 is 11.1 Å². The zero-order valence-electron chi connectivity index (χ0n) is 13.4. The van der Waals surface area contributed by atoms with Gasteiger partial charge in [-0.1, -0.05) is 31.0 Å². The Balaban J connectivity index is 1.59. The molecule has 0 spiro atoms. The van der Waals surface area contributed by atoms with Gasteiger partial charge in [-0.15, -0.1) is 0 Å². The Morgan fingerprint density at radius 2 is 1.86 bits per heavy atom. The van der Waals surface area contributed by atoms with E-state index in [1.807, 2.05) is 0 Å². The van der Waals surface area contributed by atoms with Crippen LogP contribution in [0.5, 0.6) is 0 Å². The second-order valence-corrected chi connectivity index (χ2v) is 6.94. The summed E-state index contributed by atoms with van der Waals surface area (Å²) in [5, 5.41) is 3.23. The summed E-state index contributed by atoms with van der Waals surface area (Å²) in [6, 6.07) is 6.88. The summed E-state index contributed by atoms with van der Waals surface area (Å²) in [7, 11) is 0. The molecular formula is C19H28N2O. The van der Waals surface area contributed by atoms with Crippen molar-refractivity contribution in [2.45, 2.75) is 63.8 Å². The van der Waals surface area contributed by atoms with E-state index in [2.05, 4.69) is 23.5 Å². The molecule has 3 rings (SSSR count). The lowest BCUT2D eigenvalue weighted by Gasteiger charge is -2.31. The van der Waals surface area contributed by atoms with Gasteiger partial charge in [0.15, 0.2) is 0 Å². The fourth-order valence-electron chi connectivity index (χ4n) is 4.02. The lowest BCUT2D eigenvalue weighted by Crippen LogP contribution is -2.45. The lowest BCUT2D eigenvalue weighted by atomic mass is 9.84. The number of hydrogen-bond donors (Lipinski definition) is 2. The molecule has 0 aliphatic heterocycles. The van der Waals surface area contributed by atoms with Crippen molar-refractivity contribution in [1.82, 2.24) is 5.32 Å². The molecule has 1 saturated carbocycles. The normalized spacial score (nSPS) is 24.6. The van der Waals surface area contributed by atoms with Gasteiger partial charge in [0.05, 0.1) is 6.42 Å². The summed E-state index contributed by atoms with van der Waals surface area (Å²) in [6.07, 6.45) is 10.1. The summed E-state index contributed by atoms with van der Waals surface area (Å²) >= 11 is 0. The molecule has 2 atom stereocenters. The molecule has 2 aliphatic carbocycles. The summed E-state index contributed by atoms with van der Waals surface area (Å²) in [4.78, 5) is 12.4. The zero-order valence-corrected chi connectivity index (χ0v) is 13.4. The highest BCUT2D eigenvalue weighted by atomic mass is 16.1. The van der Waals surface area contributed by atoms with Crippen molar-refractivity contribution in [2.75, 3.05) is 6.54 Å². The van der Waals surface area contributed by atoms with E-state index in [-0.39, 0.29) is 11.9 Å². The maximum absolute atomic E-state index is 12.4. The van der Waals surface area contributed by atoms with E-state index in [9.17, 15) is 4.79 Å². The smallest absolute Gasteiger partial charge is 0.224 e. The van der Waals surface area contributed by atoms with Gasteiger partial charge in [-0.3, -0.25) is 4.79 Å². The van der Waals surface area contributed by atoms with E-state index in [1.165, 1.54) is 49.7 Å². The second-order valence-electron chi connectivity index (χ2n) is 6.94. The molecule has 3 heteroatoms. The molecule has 0 heterocycles. The first-order valence-electron chi connectivity index (χ1n) is 8.86. The summed E-state index contributed by atoms with van der Waals surface area (Å²) in [5.41, 5.74) is 9.93. The molecule has 3 N–H and O–H groups in total. The van der Waals surface area contributed by atoms with Gasteiger partial charge in [0.25, 0.3) is 0 Å². The largest absolute Gasteiger partial charge is 0.353 e. The number of nitrogens with one attached hydrogen (secondary N) is 1. The summed E-state index contributed by atoms with van der Waals surface area (Å²) in [6.45, 7) is 0.684. The Hall–Kier alpha value is -1.35. The van der Waals surface area contributed by atoms with E-state index in [0.29, 0.717) is 18.9 Å². The van der Waals surface area contributed by atoms with Crippen molar-refractivity contribution >= 4 is 5.91 Å². The van der Waals surface area contributed by atoms with E-state index in [1.54, 1.807) is 0 Å². The van der Waals surface area contributed by atoms with Gasteiger partial charge in [-0.25, -0.2) is 0 Å². The van der Waals surface area contributed by atoms with Crippen LogP contribution in [0, 0.1) is 5.92 Å². The van der Waals surface area contributed by atoms with Gasteiger partial charge in [0, 0.05) is 6.04 Å². The minimum absolute atomic E-state index is 0.154. The van der Waals surface area contributed by atoms with E-state index in [0.717, 1.165) is 18.4 Å². The number of carbonyl (C=O) groups is 1. The summed E-state index contributed by atoms with van der Waals surface area (Å²) in [5.74, 6) is 0.613. The summed E-state index contributed by atoms with van der Waals surface area (Å²) < 4.78 is 0. The van der Waals surface area contributed by atoms with Gasteiger partial charge in [0.2, 0.25) is 5.91 Å². The quantitative estimate of drug-likeness (QED) is 0.898. The van der Waals surface area contributed by atoms with Crippen molar-refractivity contribution in [1.29, 1.82) is 0 Å². The SMILES string of the molecule is NCC1CCCCC1NC(=O)Cc1ccc2c(c1)CCCC2. The Morgan fingerprint density at radius 1 is 1.09 bits per heavy atom. The third-order valence-electron chi connectivity index (χ3n) is 5.34. The number of carbonyl (C=O) groups excluding carboxylic acids is 1. The zero-order chi connectivity index (χ0) is 15.4. The van der Waals surface area contributed by atoms with Crippen LogP contribution in [-0.2, 0) is 24.1 Å². The average Bonchev–Trinajstić information content (AvgIpc) is 2.55. The van der Waals surface area contributed by atoms with Gasteiger partial charge in [-0.2, -0.15) is 0 Å². The predicted octanol–water partition coefficient (Wildman–Crippen LogP) is 2.74. The first-order valence-corrected chi connectivity index (χ1v) is 8.86. The maximum atomic E-state index is 12.4. The highest BCUT2D eigenvalue weighted by Crippen LogP contribution is 2.24. The number of benzene rings is 1. The van der Waals surface area contributed by atoms with Crippen molar-refractivity contribution in [3.63, 3.8) is 0 Å². The number of hydrogen-bond acceptors (Lipinski definition) is 2. The number of nitrogens with two attached hydrogens (primary N) is 1. The first kappa shape index (κ1) is 15.5. The molecule has 0 saturated heterocycles. The van der Waals surface area contributed by atoms with Crippen molar-refractivity contribution < 1.29 is 4.79 Å². The van der Waals surface area contributed by atoms with Gasteiger partial charge in [-0.05, 0) is 67.7 Å². The van der Waals surface area contributed by atoms with Crippen LogP contribution < -0.4 is 11.1 Å².